The summed E-state index contributed by atoms with van der Waals surface area (Å²) in [5, 5.41) is 0. The van der Waals surface area contributed by atoms with Crippen molar-refractivity contribution in [2.45, 2.75) is 39.2 Å². The van der Waals surface area contributed by atoms with Gasteiger partial charge in [0.05, 0.1) is 12.2 Å². The summed E-state index contributed by atoms with van der Waals surface area (Å²) in [6.07, 6.45) is 0. The van der Waals surface area contributed by atoms with E-state index in [-0.39, 0.29) is 5.60 Å². The van der Waals surface area contributed by atoms with Gasteiger partial charge in [0.15, 0.2) is 0 Å². The van der Waals surface area contributed by atoms with Gasteiger partial charge in [-0.1, -0.05) is 19.9 Å². The Bertz CT molecular complexity index is 396. The molecule has 0 spiro atoms. The molecule has 0 saturated carbocycles. The number of hydrogen-bond acceptors (Lipinski definition) is 2. The van der Waals surface area contributed by atoms with Crippen LogP contribution in [0.1, 0.15) is 39.2 Å². The number of fused-ring (bicyclic) bond motifs is 1. The zero-order valence-corrected chi connectivity index (χ0v) is 10.9. The van der Waals surface area contributed by atoms with Crippen molar-refractivity contribution in [3.05, 3.63) is 23.8 Å². The monoisotopic (exact) mass is 219 g/mol. The standard InChI is InChI=1S/C14H21NO/c1-10(2)11-6-7-12-13(8-11)16-14(3,4)9-15(12)5/h6-8,10H,9H2,1-5H3. The molecule has 0 bridgehead atoms. The van der Waals surface area contributed by atoms with Crippen LogP contribution < -0.4 is 9.64 Å². The van der Waals surface area contributed by atoms with Gasteiger partial charge in [-0.2, -0.15) is 0 Å². The number of likely N-dealkylation sites (N-methyl/N-ethyl adjacent to an activating group) is 1. The molecule has 0 amide bonds. The average molecular weight is 219 g/mol. The Morgan fingerprint density at radius 1 is 1.31 bits per heavy atom. The molecule has 88 valence electrons. The number of hydrogen-bond donors (Lipinski definition) is 0. The molecule has 1 aromatic carbocycles. The number of ether oxygens (including phenoxy) is 1. The molecule has 1 heterocycles. The first-order valence-corrected chi connectivity index (χ1v) is 5.93. The SMILES string of the molecule is CC(C)c1ccc2c(c1)OC(C)(C)CN2C. The van der Waals surface area contributed by atoms with Crippen LogP contribution in [0.3, 0.4) is 0 Å². The molecule has 2 heteroatoms. The highest BCUT2D eigenvalue weighted by Gasteiger charge is 2.29. The van der Waals surface area contributed by atoms with Gasteiger partial charge >= 0.3 is 0 Å². The summed E-state index contributed by atoms with van der Waals surface area (Å²) in [5.41, 5.74) is 2.44. The van der Waals surface area contributed by atoms with Crippen molar-refractivity contribution >= 4 is 5.69 Å². The van der Waals surface area contributed by atoms with E-state index in [1.54, 1.807) is 0 Å². The minimum atomic E-state index is -0.0998. The summed E-state index contributed by atoms with van der Waals surface area (Å²) in [7, 11) is 2.12. The number of rotatable bonds is 1. The second kappa shape index (κ2) is 3.69. The van der Waals surface area contributed by atoms with Crippen molar-refractivity contribution in [1.29, 1.82) is 0 Å². The Kier molecular flexibility index (Phi) is 2.61. The van der Waals surface area contributed by atoms with Crippen LogP contribution in [0.2, 0.25) is 0 Å². The van der Waals surface area contributed by atoms with Crippen molar-refractivity contribution in [2.75, 3.05) is 18.5 Å². The number of nitrogens with zero attached hydrogens (tertiary/aromatic N) is 1. The Morgan fingerprint density at radius 3 is 2.62 bits per heavy atom. The summed E-state index contributed by atoms with van der Waals surface area (Å²) < 4.78 is 6.04. The molecular formula is C14H21NO. The Balaban J connectivity index is 2.42. The molecule has 0 aromatic heterocycles. The second-order valence-corrected chi connectivity index (χ2v) is 5.60. The summed E-state index contributed by atoms with van der Waals surface area (Å²) >= 11 is 0. The molecule has 0 N–H and O–H groups in total. The van der Waals surface area contributed by atoms with Gasteiger partial charge in [-0.15, -0.1) is 0 Å². The van der Waals surface area contributed by atoms with Crippen LogP contribution in [0.4, 0.5) is 5.69 Å². The van der Waals surface area contributed by atoms with Crippen molar-refractivity contribution in [3.8, 4) is 5.75 Å². The highest BCUT2D eigenvalue weighted by atomic mass is 16.5. The zero-order valence-electron chi connectivity index (χ0n) is 10.9. The van der Waals surface area contributed by atoms with E-state index in [0.717, 1.165) is 12.3 Å². The summed E-state index contributed by atoms with van der Waals surface area (Å²) in [5.74, 6) is 1.56. The first-order valence-electron chi connectivity index (χ1n) is 5.93. The molecule has 1 aliphatic heterocycles. The van der Waals surface area contributed by atoms with Gasteiger partial charge < -0.3 is 9.64 Å². The third-order valence-corrected chi connectivity index (χ3v) is 3.07. The number of benzene rings is 1. The molecule has 2 rings (SSSR count). The third kappa shape index (κ3) is 2.01. The Morgan fingerprint density at radius 2 is 2.00 bits per heavy atom. The average Bonchev–Trinajstić information content (AvgIpc) is 2.14. The van der Waals surface area contributed by atoms with E-state index in [1.165, 1.54) is 11.3 Å². The highest BCUT2D eigenvalue weighted by molar-refractivity contribution is 5.61. The van der Waals surface area contributed by atoms with Crippen molar-refractivity contribution in [1.82, 2.24) is 0 Å². The number of anilines is 1. The molecule has 0 radical (unpaired) electrons. The molecule has 1 aromatic rings. The molecule has 0 saturated heterocycles. The predicted octanol–water partition coefficient (Wildman–Crippen LogP) is 3.42. The van der Waals surface area contributed by atoms with E-state index in [1.807, 2.05) is 0 Å². The highest BCUT2D eigenvalue weighted by Crippen LogP contribution is 2.37. The maximum atomic E-state index is 6.04. The van der Waals surface area contributed by atoms with E-state index < -0.39 is 0 Å². The molecule has 0 fully saturated rings. The fourth-order valence-electron chi connectivity index (χ4n) is 2.27. The zero-order chi connectivity index (χ0) is 11.9. The van der Waals surface area contributed by atoms with Crippen LogP contribution in [0.15, 0.2) is 18.2 Å². The van der Waals surface area contributed by atoms with E-state index in [9.17, 15) is 0 Å². The van der Waals surface area contributed by atoms with E-state index in [4.69, 9.17) is 4.74 Å². The van der Waals surface area contributed by atoms with Gasteiger partial charge in [-0.3, -0.25) is 0 Å². The minimum absolute atomic E-state index is 0.0998. The molecule has 1 aliphatic rings. The molecule has 0 atom stereocenters. The van der Waals surface area contributed by atoms with Gasteiger partial charge in [-0.05, 0) is 37.5 Å². The summed E-state index contributed by atoms with van der Waals surface area (Å²) in [6, 6.07) is 6.54. The van der Waals surface area contributed by atoms with Crippen LogP contribution in [-0.2, 0) is 0 Å². The van der Waals surface area contributed by atoms with Crippen LogP contribution in [-0.4, -0.2) is 19.2 Å². The summed E-state index contributed by atoms with van der Waals surface area (Å²) in [4.78, 5) is 2.27. The Labute approximate surface area is 98.2 Å². The minimum Gasteiger partial charge on any atom is -0.484 e. The van der Waals surface area contributed by atoms with Gasteiger partial charge in [-0.25, -0.2) is 0 Å². The first kappa shape index (κ1) is 11.3. The maximum Gasteiger partial charge on any atom is 0.143 e. The van der Waals surface area contributed by atoms with Crippen LogP contribution in [0, 0.1) is 0 Å². The largest absolute Gasteiger partial charge is 0.484 e. The topological polar surface area (TPSA) is 12.5 Å². The summed E-state index contributed by atoms with van der Waals surface area (Å²) in [6.45, 7) is 9.61. The first-order chi connectivity index (χ1) is 7.39. The van der Waals surface area contributed by atoms with Crippen molar-refractivity contribution in [3.63, 3.8) is 0 Å². The van der Waals surface area contributed by atoms with Crippen LogP contribution >= 0.6 is 0 Å². The van der Waals surface area contributed by atoms with Crippen molar-refractivity contribution in [2.24, 2.45) is 0 Å². The lowest BCUT2D eigenvalue weighted by Crippen LogP contribution is -2.45. The predicted molar refractivity (Wildman–Crippen MR) is 68.5 cm³/mol. The second-order valence-electron chi connectivity index (χ2n) is 5.60. The van der Waals surface area contributed by atoms with Crippen molar-refractivity contribution < 1.29 is 4.74 Å². The lowest BCUT2D eigenvalue weighted by atomic mass is 10.00. The molecule has 0 aliphatic carbocycles. The smallest absolute Gasteiger partial charge is 0.143 e. The van der Waals surface area contributed by atoms with Crippen LogP contribution in [0.25, 0.3) is 0 Å². The van der Waals surface area contributed by atoms with Gasteiger partial charge in [0.2, 0.25) is 0 Å². The van der Waals surface area contributed by atoms with Gasteiger partial charge in [0.25, 0.3) is 0 Å². The molecule has 0 unspecified atom stereocenters. The quantitative estimate of drug-likeness (QED) is 0.717. The molecule has 16 heavy (non-hydrogen) atoms. The van der Waals surface area contributed by atoms with E-state index in [0.29, 0.717) is 5.92 Å². The van der Waals surface area contributed by atoms with Gasteiger partial charge in [0, 0.05) is 7.05 Å². The molecular weight excluding hydrogens is 198 g/mol. The third-order valence-electron chi connectivity index (χ3n) is 3.07. The van der Waals surface area contributed by atoms with E-state index >= 15 is 0 Å². The fourth-order valence-corrected chi connectivity index (χ4v) is 2.27. The lowest BCUT2D eigenvalue weighted by molar-refractivity contribution is 0.107. The normalized spacial score (nSPS) is 18.2. The maximum absolute atomic E-state index is 6.04. The molecule has 2 nitrogen and oxygen atoms in total. The lowest BCUT2D eigenvalue weighted by Gasteiger charge is -2.39. The van der Waals surface area contributed by atoms with Gasteiger partial charge in [0.1, 0.15) is 11.4 Å². The fraction of sp³-hybridized carbons (Fsp3) is 0.571. The van der Waals surface area contributed by atoms with E-state index in [2.05, 4.69) is 57.8 Å². The van der Waals surface area contributed by atoms with Crippen LogP contribution in [0.5, 0.6) is 5.75 Å². The Hall–Kier alpha value is -1.18.